The molecule has 0 saturated carbocycles. The van der Waals surface area contributed by atoms with E-state index < -0.39 is 0 Å². The number of likely N-dealkylation sites (N-methyl/N-ethyl adjacent to an activating group) is 1. The molecule has 5 nitrogen and oxygen atoms in total. The van der Waals surface area contributed by atoms with Gasteiger partial charge >= 0.3 is 0 Å². The van der Waals surface area contributed by atoms with Gasteiger partial charge < -0.3 is 5.32 Å². The summed E-state index contributed by atoms with van der Waals surface area (Å²) in [4.78, 5) is 2.72. The zero-order valence-corrected chi connectivity index (χ0v) is 14.1. The van der Waals surface area contributed by atoms with Gasteiger partial charge in [-0.2, -0.15) is 0 Å². The number of aromatic nitrogens is 3. The van der Waals surface area contributed by atoms with Crippen LogP contribution in [0.3, 0.4) is 0 Å². The van der Waals surface area contributed by atoms with E-state index in [1.165, 1.54) is 38.8 Å². The van der Waals surface area contributed by atoms with E-state index in [1.807, 2.05) is 13.2 Å². The average molecular weight is 293 g/mol. The van der Waals surface area contributed by atoms with Crippen molar-refractivity contribution in [1.29, 1.82) is 0 Å². The van der Waals surface area contributed by atoms with E-state index in [0.29, 0.717) is 6.04 Å². The van der Waals surface area contributed by atoms with E-state index in [4.69, 9.17) is 0 Å². The van der Waals surface area contributed by atoms with E-state index in [9.17, 15) is 0 Å². The van der Waals surface area contributed by atoms with Crippen molar-refractivity contribution in [2.75, 3.05) is 19.6 Å². The average Bonchev–Trinajstić information content (AvgIpc) is 3.13. The first-order valence-electron chi connectivity index (χ1n) is 8.49. The smallest absolute Gasteiger partial charge is 0.0843 e. The Balaban J connectivity index is 2.22. The second-order valence-electron chi connectivity index (χ2n) is 6.20. The van der Waals surface area contributed by atoms with Gasteiger partial charge in [-0.1, -0.05) is 26.0 Å². The molecule has 5 heteroatoms. The highest BCUT2D eigenvalue weighted by molar-refractivity contribution is 5.06. The third-order valence-electron chi connectivity index (χ3n) is 5.12. The minimum atomic E-state index is 0.240. The Morgan fingerprint density at radius 1 is 1.24 bits per heavy atom. The summed E-state index contributed by atoms with van der Waals surface area (Å²) in [6.45, 7) is 10.4. The van der Waals surface area contributed by atoms with Gasteiger partial charge in [0.25, 0.3) is 0 Å². The van der Waals surface area contributed by atoms with Gasteiger partial charge in [0.15, 0.2) is 0 Å². The molecule has 0 radical (unpaired) electrons. The maximum atomic E-state index is 4.30. The van der Waals surface area contributed by atoms with Gasteiger partial charge in [-0.3, -0.25) is 9.58 Å². The molecule has 2 heterocycles. The summed E-state index contributed by atoms with van der Waals surface area (Å²) in [5.41, 5.74) is 1.33. The normalized spacial score (nSPS) is 18.3. The van der Waals surface area contributed by atoms with Crippen molar-refractivity contribution in [3.05, 3.63) is 11.9 Å². The summed E-state index contributed by atoms with van der Waals surface area (Å²) >= 11 is 0. The van der Waals surface area contributed by atoms with Crippen molar-refractivity contribution in [2.45, 2.75) is 64.5 Å². The molecular weight excluding hydrogens is 262 g/mol. The van der Waals surface area contributed by atoms with Gasteiger partial charge in [0.2, 0.25) is 0 Å². The molecule has 0 aliphatic carbocycles. The van der Waals surface area contributed by atoms with E-state index in [1.54, 1.807) is 4.68 Å². The lowest BCUT2D eigenvalue weighted by Crippen LogP contribution is -2.61. The van der Waals surface area contributed by atoms with Crippen LogP contribution in [-0.4, -0.2) is 51.1 Å². The molecule has 21 heavy (non-hydrogen) atoms. The van der Waals surface area contributed by atoms with E-state index in [0.717, 1.165) is 18.7 Å². The lowest BCUT2D eigenvalue weighted by Gasteiger charge is -2.47. The van der Waals surface area contributed by atoms with Crippen LogP contribution < -0.4 is 5.32 Å². The Labute approximate surface area is 129 Å². The number of hydrogen-bond donors (Lipinski definition) is 1. The molecule has 0 amide bonds. The standard InChI is InChI=1S/C16H31N5/c1-5-16(6-2,21-10-8-9-11-21)15(17-7-3)12-14-13-20(4)19-18-14/h13,15,17H,5-12H2,1-4H3. The Morgan fingerprint density at radius 3 is 2.38 bits per heavy atom. The van der Waals surface area contributed by atoms with Gasteiger partial charge in [0.1, 0.15) is 0 Å². The molecule has 2 rings (SSSR count). The fraction of sp³-hybridized carbons (Fsp3) is 0.875. The molecule has 1 aromatic heterocycles. The highest BCUT2D eigenvalue weighted by Crippen LogP contribution is 2.32. The van der Waals surface area contributed by atoms with Crippen molar-refractivity contribution in [3.8, 4) is 0 Å². The summed E-state index contributed by atoms with van der Waals surface area (Å²) in [5, 5.41) is 12.1. The third-order valence-corrected chi connectivity index (χ3v) is 5.12. The van der Waals surface area contributed by atoms with Crippen molar-refractivity contribution in [2.24, 2.45) is 7.05 Å². The second kappa shape index (κ2) is 7.36. The van der Waals surface area contributed by atoms with Crippen molar-refractivity contribution in [3.63, 3.8) is 0 Å². The van der Waals surface area contributed by atoms with Crippen LogP contribution in [0.25, 0.3) is 0 Å². The van der Waals surface area contributed by atoms with Crippen LogP contribution in [-0.2, 0) is 13.5 Å². The number of hydrogen-bond acceptors (Lipinski definition) is 4. The van der Waals surface area contributed by atoms with Gasteiger partial charge in [0.05, 0.1) is 5.69 Å². The number of nitrogens with zero attached hydrogens (tertiary/aromatic N) is 4. The lowest BCUT2D eigenvalue weighted by molar-refractivity contribution is 0.0623. The van der Waals surface area contributed by atoms with Crippen molar-refractivity contribution < 1.29 is 0 Å². The second-order valence-corrected chi connectivity index (χ2v) is 6.20. The van der Waals surface area contributed by atoms with Crippen LogP contribution in [0.15, 0.2) is 6.20 Å². The molecule has 0 spiro atoms. The summed E-state index contributed by atoms with van der Waals surface area (Å²) < 4.78 is 1.80. The predicted molar refractivity (Wildman–Crippen MR) is 86.3 cm³/mol. The quantitative estimate of drug-likeness (QED) is 0.796. The summed E-state index contributed by atoms with van der Waals surface area (Å²) in [5.74, 6) is 0. The number of aryl methyl sites for hydroxylation is 1. The number of likely N-dealkylation sites (tertiary alicyclic amines) is 1. The molecule has 1 N–H and O–H groups in total. The van der Waals surface area contributed by atoms with Crippen LogP contribution in [0.5, 0.6) is 0 Å². The highest BCUT2D eigenvalue weighted by atomic mass is 15.4. The van der Waals surface area contributed by atoms with Gasteiger partial charge in [-0.25, -0.2) is 0 Å². The molecule has 1 atom stereocenters. The maximum Gasteiger partial charge on any atom is 0.0843 e. The highest BCUT2D eigenvalue weighted by Gasteiger charge is 2.41. The molecular formula is C16H31N5. The van der Waals surface area contributed by atoms with Crippen LogP contribution in [0, 0.1) is 0 Å². The van der Waals surface area contributed by atoms with E-state index in [2.05, 4.69) is 41.3 Å². The first kappa shape index (κ1) is 16.4. The fourth-order valence-corrected chi connectivity index (χ4v) is 3.97. The van der Waals surface area contributed by atoms with Crippen LogP contribution in [0.4, 0.5) is 0 Å². The Bertz CT molecular complexity index is 418. The van der Waals surface area contributed by atoms with E-state index in [-0.39, 0.29) is 5.54 Å². The van der Waals surface area contributed by atoms with E-state index >= 15 is 0 Å². The number of rotatable bonds is 8. The van der Waals surface area contributed by atoms with Crippen LogP contribution in [0.2, 0.25) is 0 Å². The number of nitrogens with one attached hydrogen (secondary N) is 1. The largest absolute Gasteiger partial charge is 0.312 e. The SMILES string of the molecule is CCNC(Cc1cn(C)nn1)C(CC)(CC)N1CCCC1. The fourth-order valence-electron chi connectivity index (χ4n) is 3.97. The van der Waals surface area contributed by atoms with Crippen LogP contribution >= 0.6 is 0 Å². The van der Waals surface area contributed by atoms with Crippen molar-refractivity contribution >= 4 is 0 Å². The molecule has 120 valence electrons. The summed E-state index contributed by atoms with van der Waals surface area (Å²) in [7, 11) is 1.94. The molecule has 0 aromatic carbocycles. The Kier molecular flexibility index (Phi) is 5.76. The van der Waals surface area contributed by atoms with Gasteiger partial charge in [-0.05, 0) is 45.3 Å². The minimum Gasteiger partial charge on any atom is -0.312 e. The third kappa shape index (κ3) is 3.46. The predicted octanol–water partition coefficient (Wildman–Crippen LogP) is 1.99. The zero-order valence-electron chi connectivity index (χ0n) is 14.1. The minimum absolute atomic E-state index is 0.240. The summed E-state index contributed by atoms with van der Waals surface area (Å²) in [6, 6.07) is 0.437. The molecule has 1 aromatic rings. The monoisotopic (exact) mass is 293 g/mol. The molecule has 1 fully saturated rings. The lowest BCUT2D eigenvalue weighted by atomic mass is 9.80. The maximum absolute atomic E-state index is 4.30. The van der Waals surface area contributed by atoms with Crippen molar-refractivity contribution in [1.82, 2.24) is 25.2 Å². The molecule has 1 unspecified atom stereocenters. The molecule has 1 aliphatic rings. The van der Waals surface area contributed by atoms with Crippen LogP contribution in [0.1, 0.15) is 52.1 Å². The zero-order chi connectivity index (χ0) is 15.3. The topological polar surface area (TPSA) is 46.0 Å². The summed E-state index contributed by atoms with van der Waals surface area (Å²) in [6.07, 6.45) is 8.05. The molecule has 1 saturated heterocycles. The molecule has 1 aliphatic heterocycles. The first-order chi connectivity index (χ1) is 10.2. The first-order valence-corrected chi connectivity index (χ1v) is 8.49. The van der Waals surface area contributed by atoms with Gasteiger partial charge in [0, 0.05) is 31.2 Å². The Hall–Kier alpha value is -0.940. The Morgan fingerprint density at radius 2 is 1.90 bits per heavy atom. The van der Waals surface area contributed by atoms with Gasteiger partial charge in [-0.15, -0.1) is 5.10 Å². The molecule has 0 bridgehead atoms.